The molecule has 1 fully saturated rings. The lowest BCUT2D eigenvalue weighted by atomic mass is 10.1. The minimum atomic E-state index is -0.674. The van der Waals surface area contributed by atoms with E-state index in [9.17, 15) is 18.4 Å². The van der Waals surface area contributed by atoms with Gasteiger partial charge in [0.2, 0.25) is 11.8 Å². The van der Waals surface area contributed by atoms with Crippen LogP contribution in [0.2, 0.25) is 0 Å². The molecule has 2 amide bonds. The fourth-order valence-corrected chi connectivity index (χ4v) is 3.35. The first-order valence-electron chi connectivity index (χ1n) is 9.45. The average molecular weight is 406 g/mol. The van der Waals surface area contributed by atoms with E-state index in [1.807, 2.05) is 11.8 Å². The number of rotatable bonds is 6. The Bertz CT molecular complexity index is 852. The van der Waals surface area contributed by atoms with Crippen LogP contribution in [0.15, 0.2) is 22.7 Å². The van der Waals surface area contributed by atoms with Crippen molar-refractivity contribution in [3.63, 3.8) is 0 Å². The van der Waals surface area contributed by atoms with Gasteiger partial charge in [-0.05, 0) is 31.5 Å². The molecule has 9 heteroatoms. The lowest BCUT2D eigenvalue weighted by molar-refractivity contribution is -0.132. The summed E-state index contributed by atoms with van der Waals surface area (Å²) < 4.78 is 31.5. The van der Waals surface area contributed by atoms with Gasteiger partial charge in [0.1, 0.15) is 17.4 Å². The Morgan fingerprint density at radius 2 is 1.76 bits per heavy atom. The number of aromatic nitrogens is 1. The van der Waals surface area contributed by atoms with Crippen LogP contribution in [0, 0.1) is 25.5 Å². The van der Waals surface area contributed by atoms with Crippen molar-refractivity contribution in [1.82, 2.24) is 20.3 Å². The van der Waals surface area contributed by atoms with Crippen molar-refractivity contribution in [1.29, 1.82) is 0 Å². The third-order valence-corrected chi connectivity index (χ3v) is 5.01. The first kappa shape index (κ1) is 20.9. The van der Waals surface area contributed by atoms with E-state index >= 15 is 0 Å². The molecular formula is C20H24F2N4O3. The Morgan fingerprint density at radius 3 is 2.34 bits per heavy atom. The van der Waals surface area contributed by atoms with Gasteiger partial charge in [-0.2, -0.15) is 0 Å². The highest BCUT2D eigenvalue weighted by Gasteiger charge is 2.24. The lowest BCUT2D eigenvalue weighted by Gasteiger charge is -2.34. The predicted octanol–water partition coefficient (Wildman–Crippen LogP) is 1.57. The molecule has 1 N–H and O–H groups in total. The zero-order chi connectivity index (χ0) is 21.0. The highest BCUT2D eigenvalue weighted by Crippen LogP contribution is 2.15. The zero-order valence-corrected chi connectivity index (χ0v) is 16.5. The number of nitrogens with one attached hydrogen (secondary N) is 1. The summed E-state index contributed by atoms with van der Waals surface area (Å²) in [6.45, 7) is 6.05. The number of nitrogens with zero attached hydrogens (tertiary/aromatic N) is 3. The second kappa shape index (κ2) is 9.13. The van der Waals surface area contributed by atoms with Gasteiger partial charge in [-0.3, -0.25) is 14.5 Å². The van der Waals surface area contributed by atoms with E-state index < -0.39 is 11.6 Å². The van der Waals surface area contributed by atoms with Gasteiger partial charge in [0, 0.05) is 44.4 Å². The number of piperazine rings is 1. The van der Waals surface area contributed by atoms with Crippen molar-refractivity contribution in [2.45, 2.75) is 26.8 Å². The molecule has 0 saturated carbocycles. The molecule has 156 valence electrons. The Morgan fingerprint density at radius 1 is 1.10 bits per heavy atom. The van der Waals surface area contributed by atoms with Gasteiger partial charge < -0.3 is 14.7 Å². The summed E-state index contributed by atoms with van der Waals surface area (Å²) in [6, 6.07) is 3.16. The minimum absolute atomic E-state index is 0.0108. The van der Waals surface area contributed by atoms with Crippen LogP contribution in [0.3, 0.4) is 0 Å². The van der Waals surface area contributed by atoms with Crippen LogP contribution in [0.4, 0.5) is 8.78 Å². The summed E-state index contributed by atoms with van der Waals surface area (Å²) in [5.41, 5.74) is 1.92. The molecule has 29 heavy (non-hydrogen) atoms. The molecule has 0 radical (unpaired) electrons. The second-order valence-corrected chi connectivity index (χ2v) is 7.19. The molecule has 2 aromatic rings. The first-order chi connectivity index (χ1) is 13.8. The lowest BCUT2D eigenvalue weighted by Crippen LogP contribution is -2.51. The van der Waals surface area contributed by atoms with Crippen molar-refractivity contribution in [2.75, 3.05) is 32.7 Å². The molecule has 7 nitrogen and oxygen atoms in total. The standard InChI is InChI=1S/C20H24F2N4O3/c1-13-18(14(2)29-24-13)10-20(28)26-5-3-25(4-6-26)12-19(27)23-11-15-7-16(21)9-17(22)8-15/h7-9H,3-6,10-12H2,1-2H3,(H,23,27). The number of amides is 2. The molecule has 0 unspecified atom stereocenters. The predicted molar refractivity (Wildman–Crippen MR) is 101 cm³/mol. The van der Waals surface area contributed by atoms with E-state index in [1.165, 1.54) is 12.1 Å². The van der Waals surface area contributed by atoms with Gasteiger partial charge in [-0.1, -0.05) is 5.16 Å². The smallest absolute Gasteiger partial charge is 0.234 e. The average Bonchev–Trinajstić information content (AvgIpc) is 2.98. The zero-order valence-electron chi connectivity index (χ0n) is 16.5. The third kappa shape index (κ3) is 5.60. The SMILES string of the molecule is Cc1noc(C)c1CC(=O)N1CCN(CC(=O)NCc2cc(F)cc(F)c2)CC1. The number of carbonyl (C=O) groups excluding carboxylic acids is 2. The second-order valence-electron chi connectivity index (χ2n) is 7.19. The Balaban J connectivity index is 1.42. The van der Waals surface area contributed by atoms with E-state index in [0.29, 0.717) is 37.5 Å². The van der Waals surface area contributed by atoms with Crippen molar-refractivity contribution in [3.05, 3.63) is 52.4 Å². The van der Waals surface area contributed by atoms with Crippen LogP contribution in [-0.2, 0) is 22.6 Å². The van der Waals surface area contributed by atoms with Crippen LogP contribution in [0.25, 0.3) is 0 Å². The van der Waals surface area contributed by atoms with E-state index in [4.69, 9.17) is 4.52 Å². The maximum absolute atomic E-state index is 13.2. The summed E-state index contributed by atoms with van der Waals surface area (Å²) in [5, 5.41) is 6.53. The van der Waals surface area contributed by atoms with E-state index in [2.05, 4.69) is 10.5 Å². The van der Waals surface area contributed by atoms with Gasteiger partial charge in [0.15, 0.2) is 0 Å². The highest BCUT2D eigenvalue weighted by atomic mass is 19.1. The van der Waals surface area contributed by atoms with Crippen molar-refractivity contribution >= 4 is 11.8 Å². The highest BCUT2D eigenvalue weighted by molar-refractivity contribution is 5.80. The molecule has 1 aliphatic rings. The maximum atomic E-state index is 13.2. The van der Waals surface area contributed by atoms with Crippen molar-refractivity contribution < 1.29 is 22.9 Å². The molecule has 1 saturated heterocycles. The number of hydrogen-bond donors (Lipinski definition) is 1. The molecule has 0 spiro atoms. The Hall–Kier alpha value is -2.81. The van der Waals surface area contributed by atoms with E-state index in [-0.39, 0.29) is 31.3 Å². The topological polar surface area (TPSA) is 78.7 Å². The summed E-state index contributed by atoms with van der Waals surface area (Å²) in [5.74, 6) is -0.913. The number of aryl methyl sites for hydroxylation is 2. The Labute approximate surface area is 167 Å². The molecule has 1 aromatic carbocycles. The maximum Gasteiger partial charge on any atom is 0.234 e. The number of halogens is 2. The molecule has 1 aliphatic heterocycles. The first-order valence-corrected chi connectivity index (χ1v) is 9.45. The summed E-state index contributed by atoms with van der Waals surface area (Å²) >= 11 is 0. The van der Waals surface area contributed by atoms with E-state index in [0.717, 1.165) is 17.3 Å². The minimum Gasteiger partial charge on any atom is -0.361 e. The third-order valence-electron chi connectivity index (χ3n) is 5.01. The normalized spacial score (nSPS) is 14.8. The molecule has 2 heterocycles. The molecule has 0 atom stereocenters. The van der Waals surface area contributed by atoms with Crippen LogP contribution < -0.4 is 5.32 Å². The fraction of sp³-hybridized carbons (Fsp3) is 0.450. The molecule has 3 rings (SSSR count). The van der Waals surface area contributed by atoms with Gasteiger partial charge in [-0.25, -0.2) is 8.78 Å². The summed E-state index contributed by atoms with van der Waals surface area (Å²) in [7, 11) is 0. The molecule has 0 aliphatic carbocycles. The molecular weight excluding hydrogens is 382 g/mol. The van der Waals surface area contributed by atoms with Gasteiger partial charge in [0.05, 0.1) is 18.7 Å². The fourth-order valence-electron chi connectivity index (χ4n) is 3.35. The van der Waals surface area contributed by atoms with Crippen LogP contribution in [0.1, 0.15) is 22.6 Å². The monoisotopic (exact) mass is 406 g/mol. The number of carbonyl (C=O) groups is 2. The summed E-state index contributed by atoms with van der Waals surface area (Å²) in [6.07, 6.45) is 0.256. The van der Waals surface area contributed by atoms with Crippen molar-refractivity contribution in [2.24, 2.45) is 0 Å². The van der Waals surface area contributed by atoms with Gasteiger partial charge in [0.25, 0.3) is 0 Å². The van der Waals surface area contributed by atoms with Gasteiger partial charge in [-0.15, -0.1) is 0 Å². The van der Waals surface area contributed by atoms with E-state index in [1.54, 1.807) is 11.8 Å². The molecule has 1 aromatic heterocycles. The molecule has 0 bridgehead atoms. The van der Waals surface area contributed by atoms with Gasteiger partial charge >= 0.3 is 0 Å². The Kier molecular flexibility index (Phi) is 6.58. The van der Waals surface area contributed by atoms with Crippen molar-refractivity contribution in [3.8, 4) is 0 Å². The quantitative estimate of drug-likeness (QED) is 0.788. The largest absolute Gasteiger partial charge is 0.361 e. The number of hydrogen-bond acceptors (Lipinski definition) is 5. The van der Waals surface area contributed by atoms with Crippen LogP contribution in [-0.4, -0.2) is 59.5 Å². The summed E-state index contributed by atoms with van der Waals surface area (Å²) in [4.78, 5) is 28.3. The van der Waals surface area contributed by atoms with Crippen LogP contribution >= 0.6 is 0 Å². The number of benzene rings is 1. The van der Waals surface area contributed by atoms with Crippen LogP contribution in [0.5, 0.6) is 0 Å².